The van der Waals surface area contributed by atoms with E-state index in [9.17, 15) is 4.57 Å². The van der Waals surface area contributed by atoms with E-state index < -0.39 is 8.25 Å². The fraction of sp³-hybridized carbons (Fsp3) is 0.385. The number of hydrogen-bond donors (Lipinski definition) is 2. The SMILES string of the molecule is COc1ccc(CCCCCOc2ccc(CNCCCO[P+](=O)OCCCNCc3ccc(OCCCCCc4ccc(OC)c(Cl)c4)c(-c4cccs4)c3)cc2-c2cccs2)cc1Cl. The van der Waals surface area contributed by atoms with Crippen LogP contribution in [0.25, 0.3) is 20.9 Å². The molecule has 2 aromatic heterocycles. The maximum atomic E-state index is 12.4. The third-order valence-corrected chi connectivity index (χ3v) is 14.1. The maximum Gasteiger partial charge on any atom is 0.697 e. The molecule has 0 saturated carbocycles. The molecule has 0 amide bonds. The number of aryl methyl sites for hydroxylation is 2. The summed E-state index contributed by atoms with van der Waals surface area (Å²) in [5.41, 5.74) is 7.01. The first kappa shape index (κ1) is 51.4. The van der Waals surface area contributed by atoms with E-state index in [0.717, 1.165) is 99.9 Å². The minimum Gasteiger partial charge on any atom is -0.495 e. The Balaban J connectivity index is 0.806. The average Bonchev–Trinajstić information content (AvgIpc) is 4.08. The first-order valence-corrected chi connectivity index (χ1v) is 26.4. The van der Waals surface area contributed by atoms with Crippen molar-refractivity contribution in [3.05, 3.63) is 140 Å². The van der Waals surface area contributed by atoms with Crippen molar-refractivity contribution >= 4 is 54.1 Å². The first-order chi connectivity index (χ1) is 32.4. The number of hydrogen-bond acceptors (Lipinski definition) is 11. The Kier molecular flexibility index (Phi) is 22.6. The van der Waals surface area contributed by atoms with Gasteiger partial charge in [0, 0.05) is 38.5 Å². The normalized spacial score (nSPS) is 11.2. The molecule has 0 bridgehead atoms. The van der Waals surface area contributed by atoms with Crippen molar-refractivity contribution in [2.45, 2.75) is 77.3 Å². The molecule has 6 rings (SSSR count). The van der Waals surface area contributed by atoms with Crippen LogP contribution in [0.4, 0.5) is 0 Å². The summed E-state index contributed by atoms with van der Waals surface area (Å²) in [6.45, 7) is 4.92. The maximum absolute atomic E-state index is 12.4. The highest BCUT2D eigenvalue weighted by Gasteiger charge is 2.19. The van der Waals surface area contributed by atoms with Gasteiger partial charge in [-0.1, -0.05) is 59.6 Å². The van der Waals surface area contributed by atoms with Crippen LogP contribution >= 0.6 is 54.1 Å². The molecule has 66 heavy (non-hydrogen) atoms. The zero-order valence-corrected chi connectivity index (χ0v) is 42.0. The van der Waals surface area contributed by atoms with Gasteiger partial charge in [0.15, 0.2) is 0 Å². The van der Waals surface area contributed by atoms with Crippen molar-refractivity contribution in [1.82, 2.24) is 10.6 Å². The van der Waals surface area contributed by atoms with Gasteiger partial charge in [-0.15, -0.1) is 31.7 Å². The van der Waals surface area contributed by atoms with E-state index in [-0.39, 0.29) is 0 Å². The standard InChI is InChI=1S/C52H62Cl2N2O7PS2/c1-58-49-23-17-39(35-45(49)53)13-5-3-7-27-60-47-21-19-41(33-43(47)51-15-9-31-65-51)37-55-25-11-29-62-64(57)63-30-12-26-56-38-42-20-22-48(44(34-42)52-16-10-32-66-52)61-28-8-4-6-14-40-18-24-50(59-2)46(54)36-40/h9-10,15-24,31-36,55-56H,3-8,11-14,25-30,37-38H2,1-2H3/q+1. The minimum absolute atomic E-state index is 0.355. The summed E-state index contributed by atoms with van der Waals surface area (Å²) in [6, 6.07) is 33.2. The molecule has 6 aromatic rings. The van der Waals surface area contributed by atoms with Crippen LogP contribution < -0.4 is 29.6 Å². The molecule has 0 radical (unpaired) electrons. The second-order valence-corrected chi connectivity index (χ2v) is 19.5. The molecular weight excluding hydrogens is 931 g/mol. The Labute approximate surface area is 410 Å². The Hall–Kier alpha value is -4.00. The number of benzene rings is 4. The number of nitrogens with one attached hydrogen (secondary N) is 2. The monoisotopic (exact) mass is 991 g/mol. The average molecular weight is 993 g/mol. The lowest BCUT2D eigenvalue weighted by Crippen LogP contribution is -2.16. The molecule has 9 nitrogen and oxygen atoms in total. The predicted molar refractivity (Wildman–Crippen MR) is 274 cm³/mol. The Morgan fingerprint density at radius 3 is 1.35 bits per heavy atom. The topological polar surface area (TPSA) is 96.5 Å². The molecule has 0 aliphatic rings. The third-order valence-electron chi connectivity index (χ3n) is 10.9. The quantitative estimate of drug-likeness (QED) is 0.0316. The number of methoxy groups -OCH3 is 2. The van der Waals surface area contributed by atoms with Gasteiger partial charge in [-0.25, -0.2) is 0 Å². The highest BCUT2D eigenvalue weighted by Crippen LogP contribution is 2.36. The smallest absolute Gasteiger partial charge is 0.495 e. The number of halogens is 2. The zero-order valence-electron chi connectivity index (χ0n) is 38.0. The van der Waals surface area contributed by atoms with Gasteiger partial charge in [0.25, 0.3) is 0 Å². The fourth-order valence-electron chi connectivity index (χ4n) is 7.36. The van der Waals surface area contributed by atoms with E-state index in [0.29, 0.717) is 61.1 Å². The van der Waals surface area contributed by atoms with Gasteiger partial charge in [-0.3, -0.25) is 0 Å². The second kappa shape index (κ2) is 29.0. The van der Waals surface area contributed by atoms with E-state index in [2.05, 4.69) is 94.2 Å². The highest BCUT2D eigenvalue weighted by atomic mass is 35.5. The third kappa shape index (κ3) is 17.3. The van der Waals surface area contributed by atoms with E-state index in [1.165, 1.54) is 32.0 Å². The lowest BCUT2D eigenvalue weighted by Gasteiger charge is -2.13. The number of rotatable bonds is 32. The molecule has 4 aromatic carbocycles. The van der Waals surface area contributed by atoms with E-state index in [1.807, 2.05) is 24.3 Å². The van der Waals surface area contributed by atoms with Gasteiger partial charge in [0.2, 0.25) is 0 Å². The molecule has 2 N–H and O–H groups in total. The number of thiophene rings is 2. The van der Waals surface area contributed by atoms with Gasteiger partial charge in [0.05, 0.1) is 37.5 Å². The molecule has 0 fully saturated rings. The van der Waals surface area contributed by atoms with E-state index >= 15 is 0 Å². The molecule has 0 unspecified atom stereocenters. The van der Waals surface area contributed by atoms with Crippen LogP contribution in [-0.4, -0.2) is 53.7 Å². The molecule has 352 valence electrons. The molecule has 0 spiro atoms. The molecular formula is C52H62Cl2N2O7PS2+. The number of unbranched alkanes of at least 4 members (excludes halogenated alkanes) is 4. The van der Waals surface area contributed by atoms with Crippen molar-refractivity contribution in [2.75, 3.05) is 53.7 Å². The molecule has 0 aliphatic carbocycles. The summed E-state index contributed by atoms with van der Waals surface area (Å²) in [4.78, 5) is 2.37. The van der Waals surface area contributed by atoms with Crippen LogP contribution in [0.5, 0.6) is 23.0 Å². The van der Waals surface area contributed by atoms with Gasteiger partial charge in [-0.2, -0.15) is 0 Å². The van der Waals surface area contributed by atoms with Crippen LogP contribution in [0.1, 0.15) is 73.6 Å². The van der Waals surface area contributed by atoms with Gasteiger partial charge >= 0.3 is 8.25 Å². The van der Waals surface area contributed by atoms with Crippen LogP contribution in [0.15, 0.2) is 108 Å². The van der Waals surface area contributed by atoms with Crippen molar-refractivity contribution in [3.63, 3.8) is 0 Å². The fourth-order valence-corrected chi connectivity index (χ4v) is 10.0. The van der Waals surface area contributed by atoms with Crippen LogP contribution in [0, 0.1) is 0 Å². The van der Waals surface area contributed by atoms with Crippen molar-refractivity contribution in [1.29, 1.82) is 0 Å². The molecule has 0 atom stereocenters. The second-order valence-electron chi connectivity index (χ2n) is 15.8. The summed E-state index contributed by atoms with van der Waals surface area (Å²) in [5, 5.41) is 12.5. The molecule has 0 aliphatic heterocycles. The van der Waals surface area contributed by atoms with Crippen molar-refractivity contribution in [2.24, 2.45) is 0 Å². The summed E-state index contributed by atoms with van der Waals surface area (Å²) < 4.78 is 46.4. The first-order valence-electron chi connectivity index (χ1n) is 22.8. The van der Waals surface area contributed by atoms with Crippen LogP contribution in [-0.2, 0) is 39.5 Å². The van der Waals surface area contributed by atoms with Crippen LogP contribution in [0.3, 0.4) is 0 Å². The largest absolute Gasteiger partial charge is 0.697 e. The number of ether oxygens (including phenoxy) is 4. The Bertz CT molecular complexity index is 2190. The Morgan fingerprint density at radius 1 is 0.500 bits per heavy atom. The minimum atomic E-state index is -2.16. The molecule has 14 heteroatoms. The highest BCUT2D eigenvalue weighted by molar-refractivity contribution is 7.33. The van der Waals surface area contributed by atoms with Crippen LogP contribution in [0.2, 0.25) is 10.0 Å². The molecule has 0 saturated heterocycles. The summed E-state index contributed by atoms with van der Waals surface area (Å²) in [5.74, 6) is 3.22. The Morgan fingerprint density at radius 2 is 0.939 bits per heavy atom. The summed E-state index contributed by atoms with van der Waals surface area (Å²) >= 11 is 16.0. The molecule has 2 heterocycles. The zero-order chi connectivity index (χ0) is 46.2. The summed E-state index contributed by atoms with van der Waals surface area (Å²) in [6.07, 6.45) is 9.62. The van der Waals surface area contributed by atoms with Crippen molar-refractivity contribution < 1.29 is 32.6 Å². The lowest BCUT2D eigenvalue weighted by atomic mass is 10.1. The van der Waals surface area contributed by atoms with E-state index in [1.54, 1.807) is 36.9 Å². The van der Waals surface area contributed by atoms with Crippen molar-refractivity contribution in [3.8, 4) is 43.9 Å². The van der Waals surface area contributed by atoms with Gasteiger partial charge in [-0.05, 0) is 171 Å². The predicted octanol–water partition coefficient (Wildman–Crippen LogP) is 14.4. The van der Waals surface area contributed by atoms with Gasteiger partial charge < -0.3 is 29.6 Å². The lowest BCUT2D eigenvalue weighted by molar-refractivity contribution is 0.220. The van der Waals surface area contributed by atoms with E-state index in [4.69, 9.17) is 51.2 Å². The summed E-state index contributed by atoms with van der Waals surface area (Å²) in [7, 11) is 1.10. The van der Waals surface area contributed by atoms with Gasteiger partial charge in [0.1, 0.15) is 36.2 Å².